The number of nitrogens with one attached hydrogen (secondary N) is 1. The molecule has 9 heteroatoms. The first-order valence-corrected chi connectivity index (χ1v) is 8.41. The highest BCUT2D eigenvalue weighted by Gasteiger charge is 2.29. The normalized spacial score (nSPS) is 14.9. The summed E-state index contributed by atoms with van der Waals surface area (Å²) >= 11 is 6.00. The molecule has 2 aromatic rings. The SMILES string of the molecule is O=C(Nc1ccc([N+](=O)[O-])cc1Cl)C1CCN(C(=O)c2ccco2)CC1. The quantitative estimate of drug-likeness (QED) is 0.649. The second kappa shape index (κ2) is 7.57. The number of amides is 2. The van der Waals surface area contributed by atoms with E-state index in [0.29, 0.717) is 31.6 Å². The van der Waals surface area contributed by atoms with Gasteiger partial charge < -0.3 is 14.6 Å². The number of furan rings is 1. The maximum Gasteiger partial charge on any atom is 0.289 e. The first-order valence-electron chi connectivity index (χ1n) is 8.03. The van der Waals surface area contributed by atoms with Crippen molar-refractivity contribution in [3.8, 4) is 0 Å². The highest BCUT2D eigenvalue weighted by Crippen LogP contribution is 2.28. The molecule has 2 amide bonds. The van der Waals surface area contributed by atoms with Crippen molar-refractivity contribution in [2.45, 2.75) is 12.8 Å². The number of benzene rings is 1. The Morgan fingerprint density at radius 2 is 2.00 bits per heavy atom. The Labute approximate surface area is 153 Å². The van der Waals surface area contributed by atoms with E-state index in [2.05, 4.69) is 5.32 Å². The summed E-state index contributed by atoms with van der Waals surface area (Å²) in [6.45, 7) is 0.900. The van der Waals surface area contributed by atoms with Gasteiger partial charge >= 0.3 is 0 Å². The van der Waals surface area contributed by atoms with E-state index in [1.54, 1.807) is 17.0 Å². The summed E-state index contributed by atoms with van der Waals surface area (Å²) in [5.74, 6) is -0.384. The van der Waals surface area contributed by atoms with Crippen molar-refractivity contribution < 1.29 is 18.9 Å². The molecular formula is C17H16ClN3O5. The Balaban J connectivity index is 1.57. The molecule has 0 atom stereocenters. The van der Waals surface area contributed by atoms with E-state index < -0.39 is 4.92 Å². The van der Waals surface area contributed by atoms with Crippen molar-refractivity contribution in [2.75, 3.05) is 18.4 Å². The number of nitrogens with zero attached hydrogens (tertiary/aromatic N) is 2. The van der Waals surface area contributed by atoms with Crippen molar-refractivity contribution in [2.24, 2.45) is 5.92 Å². The van der Waals surface area contributed by atoms with Gasteiger partial charge in [0.1, 0.15) is 0 Å². The lowest BCUT2D eigenvalue weighted by molar-refractivity contribution is -0.384. The van der Waals surface area contributed by atoms with Crippen LogP contribution in [0.5, 0.6) is 0 Å². The van der Waals surface area contributed by atoms with Gasteiger partial charge in [0.25, 0.3) is 11.6 Å². The number of piperidine rings is 1. The van der Waals surface area contributed by atoms with Crippen molar-refractivity contribution in [3.63, 3.8) is 0 Å². The number of hydrogen-bond acceptors (Lipinski definition) is 5. The first-order chi connectivity index (χ1) is 12.5. The van der Waals surface area contributed by atoms with E-state index in [1.165, 1.54) is 24.5 Å². The van der Waals surface area contributed by atoms with Crippen LogP contribution < -0.4 is 5.32 Å². The fourth-order valence-corrected chi connectivity index (χ4v) is 3.08. The number of hydrogen-bond donors (Lipinski definition) is 1. The van der Waals surface area contributed by atoms with Crippen LogP contribution in [-0.2, 0) is 4.79 Å². The molecule has 3 rings (SSSR count). The maximum absolute atomic E-state index is 12.4. The van der Waals surface area contributed by atoms with E-state index in [4.69, 9.17) is 16.0 Å². The third-order valence-electron chi connectivity index (χ3n) is 4.31. The third kappa shape index (κ3) is 3.85. The Bertz CT molecular complexity index is 829. The fourth-order valence-electron chi connectivity index (χ4n) is 2.85. The molecule has 1 saturated heterocycles. The number of non-ortho nitro benzene ring substituents is 1. The Morgan fingerprint density at radius 3 is 2.58 bits per heavy atom. The third-order valence-corrected chi connectivity index (χ3v) is 4.62. The van der Waals surface area contributed by atoms with Crippen LogP contribution in [0.3, 0.4) is 0 Å². The molecule has 2 heterocycles. The highest BCUT2D eigenvalue weighted by atomic mass is 35.5. The fraction of sp³-hybridized carbons (Fsp3) is 0.294. The molecule has 0 bridgehead atoms. The van der Waals surface area contributed by atoms with Gasteiger partial charge in [-0.05, 0) is 31.0 Å². The van der Waals surface area contributed by atoms with Crippen LogP contribution in [0.1, 0.15) is 23.4 Å². The van der Waals surface area contributed by atoms with Crippen molar-refractivity contribution in [3.05, 3.63) is 57.5 Å². The van der Waals surface area contributed by atoms with Crippen molar-refractivity contribution in [1.82, 2.24) is 4.90 Å². The molecule has 26 heavy (non-hydrogen) atoms. The molecule has 0 saturated carbocycles. The average Bonchev–Trinajstić information content (AvgIpc) is 3.17. The van der Waals surface area contributed by atoms with Gasteiger partial charge in [-0.1, -0.05) is 11.6 Å². The molecule has 8 nitrogen and oxygen atoms in total. The Hall–Kier alpha value is -2.87. The molecule has 1 N–H and O–H groups in total. The molecule has 0 aliphatic carbocycles. The van der Waals surface area contributed by atoms with E-state index in [0.717, 1.165) is 0 Å². The lowest BCUT2D eigenvalue weighted by Crippen LogP contribution is -2.41. The number of carbonyl (C=O) groups excluding carboxylic acids is 2. The molecule has 1 aromatic heterocycles. The van der Waals surface area contributed by atoms with Gasteiger partial charge in [-0.25, -0.2) is 0 Å². The number of rotatable bonds is 4. The monoisotopic (exact) mass is 377 g/mol. The zero-order valence-corrected chi connectivity index (χ0v) is 14.4. The second-order valence-electron chi connectivity index (χ2n) is 5.95. The van der Waals surface area contributed by atoms with Crippen LogP contribution >= 0.6 is 11.6 Å². The predicted octanol–water partition coefficient (Wildman–Crippen LogP) is 3.33. The maximum atomic E-state index is 12.4. The lowest BCUT2D eigenvalue weighted by Gasteiger charge is -2.30. The summed E-state index contributed by atoms with van der Waals surface area (Å²) in [6, 6.07) is 7.15. The van der Waals surface area contributed by atoms with Gasteiger partial charge in [-0.3, -0.25) is 19.7 Å². The highest BCUT2D eigenvalue weighted by molar-refractivity contribution is 6.34. The number of nitro benzene ring substituents is 1. The number of likely N-dealkylation sites (tertiary alicyclic amines) is 1. The van der Waals surface area contributed by atoms with Crippen LogP contribution in [0.2, 0.25) is 5.02 Å². The Morgan fingerprint density at radius 1 is 1.27 bits per heavy atom. The minimum atomic E-state index is -0.552. The van der Waals surface area contributed by atoms with Crippen LogP contribution in [0.25, 0.3) is 0 Å². The van der Waals surface area contributed by atoms with E-state index >= 15 is 0 Å². The number of carbonyl (C=O) groups is 2. The average molecular weight is 378 g/mol. The summed E-state index contributed by atoms with van der Waals surface area (Å²) in [6.07, 6.45) is 2.48. The summed E-state index contributed by atoms with van der Waals surface area (Å²) in [5, 5.41) is 13.5. The number of nitro groups is 1. The summed E-state index contributed by atoms with van der Waals surface area (Å²) in [5.41, 5.74) is 0.189. The molecule has 1 fully saturated rings. The minimum absolute atomic E-state index is 0.109. The molecule has 0 spiro atoms. The van der Waals surface area contributed by atoms with Crippen LogP contribution in [-0.4, -0.2) is 34.7 Å². The molecule has 1 aromatic carbocycles. The zero-order valence-electron chi connectivity index (χ0n) is 13.7. The molecule has 0 unspecified atom stereocenters. The van der Waals surface area contributed by atoms with Crippen LogP contribution in [0.4, 0.5) is 11.4 Å². The van der Waals surface area contributed by atoms with Gasteiger partial charge in [0.15, 0.2) is 5.76 Å². The summed E-state index contributed by atoms with van der Waals surface area (Å²) in [7, 11) is 0. The molecule has 1 aliphatic rings. The van der Waals surface area contributed by atoms with Crippen molar-refractivity contribution in [1.29, 1.82) is 0 Å². The number of anilines is 1. The predicted molar refractivity (Wildman–Crippen MR) is 94.1 cm³/mol. The smallest absolute Gasteiger partial charge is 0.289 e. The van der Waals surface area contributed by atoms with E-state index in [-0.39, 0.29) is 34.2 Å². The van der Waals surface area contributed by atoms with Crippen LogP contribution in [0.15, 0.2) is 41.0 Å². The van der Waals surface area contributed by atoms with Gasteiger partial charge in [0.05, 0.1) is 21.9 Å². The molecule has 1 aliphatic heterocycles. The van der Waals surface area contributed by atoms with Crippen molar-refractivity contribution >= 4 is 34.8 Å². The lowest BCUT2D eigenvalue weighted by atomic mass is 9.95. The minimum Gasteiger partial charge on any atom is -0.459 e. The van der Waals surface area contributed by atoms with Gasteiger partial charge in [-0.2, -0.15) is 0 Å². The topological polar surface area (TPSA) is 106 Å². The van der Waals surface area contributed by atoms with Gasteiger partial charge in [0, 0.05) is 31.1 Å². The molecule has 136 valence electrons. The zero-order chi connectivity index (χ0) is 18.7. The van der Waals surface area contributed by atoms with Gasteiger partial charge in [0.2, 0.25) is 5.91 Å². The second-order valence-corrected chi connectivity index (χ2v) is 6.36. The first kappa shape index (κ1) is 17.9. The van der Waals surface area contributed by atoms with Gasteiger partial charge in [-0.15, -0.1) is 0 Å². The standard InChI is InChI=1S/C17H16ClN3O5/c18-13-10-12(21(24)25)3-4-14(13)19-16(22)11-5-7-20(8-6-11)17(23)15-2-1-9-26-15/h1-4,9-11H,5-8H2,(H,19,22). The Kier molecular flexibility index (Phi) is 5.22. The largest absolute Gasteiger partial charge is 0.459 e. The molecular weight excluding hydrogens is 362 g/mol. The molecule has 0 radical (unpaired) electrons. The van der Waals surface area contributed by atoms with Crippen LogP contribution in [0, 0.1) is 16.0 Å². The van der Waals surface area contributed by atoms with E-state index in [9.17, 15) is 19.7 Å². The summed E-state index contributed by atoms with van der Waals surface area (Å²) in [4.78, 5) is 36.5. The summed E-state index contributed by atoms with van der Waals surface area (Å²) < 4.78 is 5.11. The number of halogens is 1. The van der Waals surface area contributed by atoms with E-state index in [1.807, 2.05) is 0 Å².